The van der Waals surface area contributed by atoms with E-state index in [1.54, 1.807) is 4.80 Å². The van der Waals surface area contributed by atoms with E-state index in [1.807, 2.05) is 57.2 Å². The number of benzene rings is 5. The second-order valence-electron chi connectivity index (χ2n) is 11.7. The third kappa shape index (κ3) is 5.70. The van der Waals surface area contributed by atoms with E-state index in [4.69, 9.17) is 20.1 Å². The lowest BCUT2D eigenvalue weighted by Crippen LogP contribution is -2.39. The van der Waals surface area contributed by atoms with Gasteiger partial charge in [0.2, 0.25) is 5.82 Å². The first kappa shape index (κ1) is 29.8. The summed E-state index contributed by atoms with van der Waals surface area (Å²) in [6, 6.07) is 49.8. The molecular formula is C41H35N5O. The zero-order valence-electron chi connectivity index (χ0n) is 26.7. The number of hydrogen-bond acceptors (Lipinski definition) is 5. The predicted octanol–water partition coefficient (Wildman–Crippen LogP) is 8.75. The first-order valence-corrected chi connectivity index (χ1v) is 15.8. The van der Waals surface area contributed by atoms with Gasteiger partial charge in [-0.15, -0.1) is 15.0 Å². The van der Waals surface area contributed by atoms with Crippen molar-refractivity contribution in [3.63, 3.8) is 0 Å². The van der Waals surface area contributed by atoms with Crippen LogP contribution in [0.2, 0.25) is 0 Å². The van der Waals surface area contributed by atoms with Crippen molar-refractivity contribution >= 4 is 0 Å². The van der Waals surface area contributed by atoms with E-state index in [0.717, 1.165) is 61.6 Å². The molecule has 0 saturated heterocycles. The summed E-state index contributed by atoms with van der Waals surface area (Å²) in [4.78, 5) is 6.30. The van der Waals surface area contributed by atoms with Gasteiger partial charge >= 0.3 is 0 Å². The Balaban J connectivity index is 1.26. The molecule has 0 radical (unpaired) electrons. The van der Waals surface area contributed by atoms with Gasteiger partial charge in [-0.25, -0.2) is 0 Å². The fourth-order valence-electron chi connectivity index (χ4n) is 6.23. The van der Waals surface area contributed by atoms with Gasteiger partial charge in [-0.1, -0.05) is 140 Å². The fraction of sp³-hybridized carbons (Fsp3) is 0.122. The molecule has 0 bridgehead atoms. The van der Waals surface area contributed by atoms with E-state index in [-0.39, 0.29) is 0 Å². The molecule has 6 heteroatoms. The van der Waals surface area contributed by atoms with Crippen LogP contribution in [0, 0.1) is 20.8 Å². The minimum absolute atomic E-state index is 0.474. The van der Waals surface area contributed by atoms with E-state index < -0.39 is 5.54 Å². The number of aromatic nitrogens is 5. The van der Waals surface area contributed by atoms with Gasteiger partial charge in [-0.2, -0.15) is 0 Å². The van der Waals surface area contributed by atoms with Gasteiger partial charge in [0.25, 0.3) is 0 Å². The predicted molar refractivity (Wildman–Crippen MR) is 186 cm³/mol. The van der Waals surface area contributed by atoms with Crippen molar-refractivity contribution < 1.29 is 4.74 Å². The van der Waals surface area contributed by atoms with Crippen molar-refractivity contribution in [2.75, 3.05) is 0 Å². The topological polar surface area (TPSA) is 65.7 Å². The van der Waals surface area contributed by atoms with Gasteiger partial charge in [-0.3, -0.25) is 4.98 Å². The summed E-state index contributed by atoms with van der Waals surface area (Å²) >= 11 is 0. The molecule has 7 rings (SSSR count). The fourth-order valence-corrected chi connectivity index (χ4v) is 6.23. The maximum Gasteiger partial charge on any atom is 0.205 e. The molecule has 5 aromatic carbocycles. The largest absolute Gasteiger partial charge is 0.488 e. The van der Waals surface area contributed by atoms with Crippen LogP contribution >= 0.6 is 0 Å². The molecule has 0 spiro atoms. The summed E-state index contributed by atoms with van der Waals surface area (Å²) in [6.07, 6.45) is 0. The smallest absolute Gasteiger partial charge is 0.205 e. The Hall–Kier alpha value is -5.88. The van der Waals surface area contributed by atoms with Gasteiger partial charge in [0, 0.05) is 28.6 Å². The van der Waals surface area contributed by atoms with Crippen LogP contribution in [0.25, 0.3) is 22.5 Å². The number of aryl methyl sites for hydroxylation is 2. The standard InChI is InChI=1S/C41H35N5O/c1-29-27-39(30(2)31(3)42-29)47-28-32-23-25-33(26-24-32)37-21-13-14-22-38(37)40-43-45-46(44-40)41(34-15-7-4-8-16-34,35-17-9-5-10-18-35)36-19-11-6-12-20-36/h4-27H,28H2,1-3H3. The molecular weight excluding hydrogens is 578 g/mol. The van der Waals surface area contributed by atoms with Crippen LogP contribution in [0.1, 0.15) is 39.2 Å². The van der Waals surface area contributed by atoms with Crippen molar-refractivity contribution in [2.24, 2.45) is 0 Å². The van der Waals surface area contributed by atoms with Gasteiger partial charge in [0.1, 0.15) is 12.4 Å². The lowest BCUT2D eigenvalue weighted by molar-refractivity contribution is 0.303. The highest BCUT2D eigenvalue weighted by Gasteiger charge is 2.41. The number of rotatable bonds is 9. The zero-order valence-corrected chi connectivity index (χ0v) is 26.7. The lowest BCUT2D eigenvalue weighted by atomic mass is 9.77. The van der Waals surface area contributed by atoms with Crippen molar-refractivity contribution in [2.45, 2.75) is 32.9 Å². The summed E-state index contributed by atoms with van der Waals surface area (Å²) in [6.45, 7) is 6.52. The highest BCUT2D eigenvalue weighted by Crippen LogP contribution is 2.40. The molecule has 230 valence electrons. The van der Waals surface area contributed by atoms with Crippen LogP contribution in [0.5, 0.6) is 5.75 Å². The summed E-state index contributed by atoms with van der Waals surface area (Å²) < 4.78 is 6.20. The lowest BCUT2D eigenvalue weighted by Gasteiger charge is -2.34. The molecule has 0 saturated carbocycles. The first-order valence-electron chi connectivity index (χ1n) is 15.8. The highest BCUT2D eigenvalue weighted by molar-refractivity contribution is 5.80. The Kier molecular flexibility index (Phi) is 8.15. The van der Waals surface area contributed by atoms with E-state index in [0.29, 0.717) is 12.4 Å². The average molecular weight is 614 g/mol. The van der Waals surface area contributed by atoms with Crippen LogP contribution in [-0.4, -0.2) is 25.2 Å². The zero-order chi connectivity index (χ0) is 32.2. The van der Waals surface area contributed by atoms with Crippen LogP contribution in [-0.2, 0) is 12.1 Å². The molecule has 6 nitrogen and oxygen atoms in total. The Labute approximate surface area is 275 Å². The quantitative estimate of drug-likeness (QED) is 0.152. The molecule has 2 heterocycles. The number of hydrogen-bond donors (Lipinski definition) is 0. The van der Waals surface area contributed by atoms with Crippen LogP contribution < -0.4 is 4.74 Å². The third-order valence-corrected chi connectivity index (χ3v) is 8.71. The average Bonchev–Trinajstić information content (AvgIpc) is 3.62. The molecule has 0 amide bonds. The molecule has 0 aliphatic rings. The molecule has 0 unspecified atom stereocenters. The Morgan fingerprint density at radius 3 is 1.72 bits per heavy atom. The summed E-state index contributed by atoms with van der Waals surface area (Å²) in [7, 11) is 0. The Morgan fingerprint density at radius 2 is 1.15 bits per heavy atom. The first-order chi connectivity index (χ1) is 23.0. The molecule has 2 aromatic heterocycles. The monoisotopic (exact) mass is 613 g/mol. The SMILES string of the molecule is Cc1cc(OCc2ccc(-c3ccccc3-c3nnn(C(c4ccccc4)(c4ccccc4)c4ccccc4)n3)cc2)c(C)c(C)n1. The van der Waals surface area contributed by atoms with Crippen LogP contribution in [0.3, 0.4) is 0 Å². The maximum atomic E-state index is 6.20. The summed E-state index contributed by atoms with van der Waals surface area (Å²) in [5, 5.41) is 14.6. The molecule has 0 aliphatic heterocycles. The van der Waals surface area contributed by atoms with E-state index in [1.165, 1.54) is 0 Å². The van der Waals surface area contributed by atoms with E-state index in [9.17, 15) is 0 Å². The molecule has 7 aromatic rings. The third-order valence-electron chi connectivity index (χ3n) is 8.71. The Bertz CT molecular complexity index is 2010. The second-order valence-corrected chi connectivity index (χ2v) is 11.7. The number of nitrogens with zero attached hydrogens (tertiary/aromatic N) is 5. The van der Waals surface area contributed by atoms with Gasteiger partial charge in [0.05, 0.1) is 0 Å². The van der Waals surface area contributed by atoms with Crippen molar-refractivity contribution in [3.05, 3.63) is 185 Å². The molecule has 0 N–H and O–H groups in total. The molecule has 0 fully saturated rings. The second kappa shape index (κ2) is 12.9. The normalized spacial score (nSPS) is 11.4. The molecule has 0 aliphatic carbocycles. The minimum atomic E-state index is -0.837. The Morgan fingerprint density at radius 1 is 0.617 bits per heavy atom. The number of ether oxygens (including phenoxy) is 1. The number of tetrazole rings is 1. The van der Waals surface area contributed by atoms with E-state index in [2.05, 4.69) is 114 Å². The minimum Gasteiger partial charge on any atom is -0.488 e. The van der Waals surface area contributed by atoms with Crippen LogP contribution in [0.15, 0.2) is 146 Å². The van der Waals surface area contributed by atoms with Gasteiger partial charge < -0.3 is 4.74 Å². The van der Waals surface area contributed by atoms with E-state index >= 15 is 0 Å². The maximum absolute atomic E-state index is 6.20. The van der Waals surface area contributed by atoms with Crippen molar-refractivity contribution in [3.8, 4) is 28.3 Å². The molecule has 47 heavy (non-hydrogen) atoms. The summed E-state index contributed by atoms with van der Waals surface area (Å²) in [5.41, 5.74) is 9.38. The number of pyridine rings is 1. The molecule has 0 atom stereocenters. The van der Waals surface area contributed by atoms with Crippen LogP contribution in [0.4, 0.5) is 0 Å². The van der Waals surface area contributed by atoms with Crippen molar-refractivity contribution in [1.82, 2.24) is 25.2 Å². The van der Waals surface area contributed by atoms with Gasteiger partial charge in [-0.05, 0) is 59.4 Å². The summed E-state index contributed by atoms with van der Waals surface area (Å²) in [5.74, 6) is 1.43. The highest BCUT2D eigenvalue weighted by atomic mass is 16.5. The van der Waals surface area contributed by atoms with Crippen molar-refractivity contribution in [1.29, 1.82) is 0 Å². The van der Waals surface area contributed by atoms with Gasteiger partial charge in [0.15, 0.2) is 5.54 Å².